The molecule has 4 aliphatic rings. The van der Waals surface area contributed by atoms with Gasteiger partial charge >= 0.3 is 11.9 Å². The zero-order chi connectivity index (χ0) is 54.0. The Bertz CT molecular complexity index is 1940. The van der Waals surface area contributed by atoms with Crippen molar-refractivity contribution in [2.75, 3.05) is 33.1 Å². The van der Waals surface area contributed by atoms with Crippen LogP contribution in [0.25, 0.3) is 0 Å². The maximum Gasteiger partial charge on any atom is 0.311 e. The predicted octanol–water partition coefficient (Wildman–Crippen LogP) is 7.94. The van der Waals surface area contributed by atoms with Crippen LogP contribution in [-0.2, 0) is 52.3 Å². The normalized spacial score (nSPS) is 40.1. The molecule has 1 saturated carbocycles. The summed E-state index contributed by atoms with van der Waals surface area (Å²) in [6.07, 6.45) is -0.890. The summed E-state index contributed by atoms with van der Waals surface area (Å²) in [4.78, 5) is 35.2. The summed E-state index contributed by atoms with van der Waals surface area (Å²) < 4.78 is 51.9. The number of likely N-dealkylation sites (N-methyl/N-ethyl adjacent to an activating group) is 1. The molecule has 1 aromatic carbocycles. The molecule has 0 aromatic heterocycles. The van der Waals surface area contributed by atoms with Gasteiger partial charge in [-0.05, 0) is 118 Å². The molecule has 3 saturated heterocycles. The summed E-state index contributed by atoms with van der Waals surface area (Å²) in [5, 5.41) is 45.8. The molecule has 0 spiro atoms. The molecular formula is C55H91N3O14S. The van der Waals surface area contributed by atoms with Gasteiger partial charge in [0, 0.05) is 43.9 Å². The molecule has 0 amide bonds. The summed E-state index contributed by atoms with van der Waals surface area (Å²) in [5.41, 5.74) is -3.66. The zero-order valence-corrected chi connectivity index (χ0v) is 47.1. The molecule has 0 bridgehead atoms. The second-order valence-electron chi connectivity index (χ2n) is 22.5. The van der Waals surface area contributed by atoms with Gasteiger partial charge in [-0.1, -0.05) is 83.2 Å². The van der Waals surface area contributed by atoms with Gasteiger partial charge in [0.1, 0.15) is 23.9 Å². The standard InChI is InChI=1S/C55H91N3O14S/c1-15-42-55(11,63)47(60)34(4)44(57-65-28-22-25-39-23-18-16-19-24-39)32(2)30-53(9,62)48(72-51-46(41(58(12)13)29-33(3)66-51)71-52(73)56-40-26-20-17-21-27-40)35(5)45(36(6)50(61)69-42)70-43-31-54(10,64-14)49(37(7)67-43)68-38(8)59/h17,20-21,26-27,32-37,39,41-43,45-49,51,60,62-63H,15-16,18-19,22-25,28-31H2,1-14H3,(H,56,73)/b57-44+/t32-,33-,34+,35+,36-,37+,41+,42-,43+,45+,46-,47-,48-,49+,51+,53+,54-,55-/m1/s1. The lowest BCUT2D eigenvalue weighted by Gasteiger charge is -2.50. The average Bonchev–Trinajstić information content (AvgIpc) is 3.33. The molecule has 0 radical (unpaired) electrons. The molecule has 73 heavy (non-hydrogen) atoms. The number of cyclic esters (lactones) is 1. The number of nitrogens with zero attached hydrogens (tertiary/aromatic N) is 2. The van der Waals surface area contributed by atoms with Gasteiger partial charge in [-0.25, -0.2) is 0 Å². The molecule has 1 aromatic rings. The van der Waals surface area contributed by atoms with Gasteiger partial charge in [-0.15, -0.1) is 0 Å². The molecule has 3 heterocycles. The average molecular weight is 1050 g/mol. The topological polar surface area (TPSA) is 206 Å². The van der Waals surface area contributed by atoms with E-state index in [4.69, 9.17) is 60.1 Å². The van der Waals surface area contributed by atoms with E-state index in [2.05, 4.69) is 5.32 Å². The van der Waals surface area contributed by atoms with Crippen molar-refractivity contribution in [3.63, 3.8) is 0 Å². The van der Waals surface area contributed by atoms with Crippen LogP contribution >= 0.6 is 12.2 Å². The molecular weight excluding hydrogens is 959 g/mol. The SMILES string of the molecule is CC[C@H]1OC(=O)[C@H](C)[C@@H](O[C@H]2C[C@@](C)(OC)[C@@H](OC(C)=O)[C@H](C)O2)[C@H](C)[C@@H](O[C@@H]2O[C@H](C)C[C@H](N(C)C)[C@H]2OC(=S)Nc2ccccc2)[C@@](C)(O)C[C@@H](C)/C(=N\OCCCC2CCCCC2)[C@H](C)[C@@H](O)[C@]1(C)O. The monoisotopic (exact) mass is 1050 g/mol. The van der Waals surface area contributed by atoms with E-state index in [9.17, 15) is 24.9 Å². The quantitative estimate of drug-likeness (QED) is 0.0569. The number of oxime groups is 1. The lowest BCUT2D eigenvalue weighted by Crippen LogP contribution is -2.62. The number of hydrogen-bond acceptors (Lipinski definition) is 17. The molecule has 0 unspecified atom stereocenters. The fourth-order valence-corrected chi connectivity index (χ4v) is 12.1. The number of thiocarbonyl (C=S) groups is 1. The van der Waals surface area contributed by atoms with E-state index in [1.807, 2.05) is 77.0 Å². The molecule has 4 fully saturated rings. The fraction of sp³-hybridized carbons (Fsp3) is 0.818. The van der Waals surface area contributed by atoms with E-state index in [0.717, 1.165) is 18.5 Å². The first kappa shape index (κ1) is 60.8. The van der Waals surface area contributed by atoms with Crippen LogP contribution in [0.2, 0.25) is 0 Å². The van der Waals surface area contributed by atoms with Crippen LogP contribution in [0.3, 0.4) is 0 Å². The fourth-order valence-electron chi connectivity index (χ4n) is 11.9. The number of ether oxygens (including phenoxy) is 8. The van der Waals surface area contributed by atoms with Gasteiger partial charge in [0.15, 0.2) is 24.8 Å². The highest BCUT2D eigenvalue weighted by Crippen LogP contribution is 2.42. The van der Waals surface area contributed by atoms with E-state index >= 15 is 0 Å². The van der Waals surface area contributed by atoms with Gasteiger partial charge in [0.25, 0.3) is 5.17 Å². The Morgan fingerprint density at radius 1 is 0.918 bits per heavy atom. The Labute approximate surface area is 441 Å². The first-order chi connectivity index (χ1) is 34.3. The van der Waals surface area contributed by atoms with Crippen LogP contribution in [0, 0.1) is 29.6 Å². The van der Waals surface area contributed by atoms with Gasteiger partial charge < -0.3 is 68.3 Å². The minimum absolute atomic E-state index is 0.00981. The highest BCUT2D eigenvalue weighted by molar-refractivity contribution is 7.80. The third-order valence-electron chi connectivity index (χ3n) is 16.1. The number of rotatable bonds is 15. The molecule has 5 rings (SSSR count). The number of hydrogen-bond donors (Lipinski definition) is 4. The molecule has 1 aliphatic carbocycles. The lowest BCUT2D eigenvalue weighted by atomic mass is 9.73. The molecule has 416 valence electrons. The Balaban J connectivity index is 1.62. The summed E-state index contributed by atoms with van der Waals surface area (Å²) >= 11 is 5.81. The molecule has 3 aliphatic heterocycles. The number of anilines is 1. The van der Waals surface area contributed by atoms with Gasteiger partial charge in [-0.2, -0.15) is 0 Å². The van der Waals surface area contributed by atoms with Crippen molar-refractivity contribution < 1.29 is 67.6 Å². The molecule has 17 nitrogen and oxygen atoms in total. The number of aliphatic hydroxyl groups excluding tert-OH is 1. The van der Waals surface area contributed by atoms with Crippen LogP contribution in [0.4, 0.5) is 5.69 Å². The number of esters is 2. The summed E-state index contributed by atoms with van der Waals surface area (Å²) in [7, 11) is 5.42. The second kappa shape index (κ2) is 26.8. The summed E-state index contributed by atoms with van der Waals surface area (Å²) in [6, 6.07) is 9.16. The van der Waals surface area contributed by atoms with Crippen molar-refractivity contribution in [1.29, 1.82) is 0 Å². The number of carbonyl (C=O) groups is 2. The number of nitrogens with one attached hydrogen (secondary N) is 1. The highest BCUT2D eigenvalue weighted by Gasteiger charge is 2.54. The number of para-hydroxylation sites is 1. The van der Waals surface area contributed by atoms with E-state index < -0.39 is 108 Å². The smallest absolute Gasteiger partial charge is 0.311 e. The molecule has 4 N–H and O–H groups in total. The number of aliphatic hydroxyl groups is 3. The van der Waals surface area contributed by atoms with Crippen molar-refractivity contribution in [1.82, 2.24) is 4.90 Å². The Morgan fingerprint density at radius 3 is 2.21 bits per heavy atom. The summed E-state index contributed by atoms with van der Waals surface area (Å²) in [6.45, 7) is 19.3. The van der Waals surface area contributed by atoms with Gasteiger partial charge in [0.2, 0.25) is 0 Å². The zero-order valence-electron chi connectivity index (χ0n) is 46.2. The van der Waals surface area contributed by atoms with Crippen molar-refractivity contribution >= 4 is 40.7 Å². The van der Waals surface area contributed by atoms with E-state index in [1.165, 1.54) is 53.1 Å². The lowest BCUT2D eigenvalue weighted by molar-refractivity contribution is -0.317. The minimum atomic E-state index is -1.96. The van der Waals surface area contributed by atoms with Crippen LogP contribution in [0.1, 0.15) is 147 Å². The van der Waals surface area contributed by atoms with Gasteiger partial charge in [0.05, 0.1) is 53.8 Å². The van der Waals surface area contributed by atoms with E-state index in [1.54, 1.807) is 34.6 Å². The number of carbonyl (C=O) groups excluding carboxylic acids is 2. The van der Waals surface area contributed by atoms with Crippen molar-refractivity contribution in [3.05, 3.63) is 30.3 Å². The van der Waals surface area contributed by atoms with E-state index in [-0.39, 0.29) is 36.6 Å². The van der Waals surface area contributed by atoms with E-state index in [0.29, 0.717) is 24.7 Å². The third-order valence-corrected chi connectivity index (χ3v) is 16.3. The van der Waals surface area contributed by atoms with Crippen LogP contribution < -0.4 is 5.32 Å². The highest BCUT2D eigenvalue weighted by atomic mass is 32.1. The Hall–Kier alpha value is -3.04. The number of benzene rings is 1. The van der Waals surface area contributed by atoms with Gasteiger partial charge in [-0.3, -0.25) is 9.59 Å². The third kappa shape index (κ3) is 15.8. The molecule has 18 atom stereocenters. The number of methoxy groups -OCH3 is 1. The Kier molecular flexibility index (Phi) is 22.4. The van der Waals surface area contributed by atoms with Crippen molar-refractivity contribution in [3.8, 4) is 0 Å². The molecule has 18 heteroatoms. The maximum absolute atomic E-state index is 14.8. The van der Waals surface area contributed by atoms with Crippen LogP contribution in [0.5, 0.6) is 0 Å². The van der Waals surface area contributed by atoms with Crippen LogP contribution in [-0.4, -0.2) is 155 Å². The second-order valence-corrected chi connectivity index (χ2v) is 22.9. The first-order valence-corrected chi connectivity index (χ1v) is 27.3. The first-order valence-electron chi connectivity index (χ1n) is 26.9. The van der Waals surface area contributed by atoms with Crippen molar-refractivity contribution in [2.24, 2.45) is 34.7 Å². The Morgan fingerprint density at radius 2 is 1.59 bits per heavy atom. The maximum atomic E-state index is 14.8. The minimum Gasteiger partial charge on any atom is -0.460 e. The predicted molar refractivity (Wildman–Crippen MR) is 282 cm³/mol. The largest absolute Gasteiger partial charge is 0.460 e. The summed E-state index contributed by atoms with van der Waals surface area (Å²) in [5.74, 6) is -3.92. The van der Waals surface area contributed by atoms with Crippen LogP contribution in [0.15, 0.2) is 35.5 Å². The van der Waals surface area contributed by atoms with Crippen molar-refractivity contribution in [2.45, 2.75) is 231 Å².